The highest BCUT2D eigenvalue weighted by Gasteiger charge is 2.18. The highest BCUT2D eigenvalue weighted by molar-refractivity contribution is 7.99. The van der Waals surface area contributed by atoms with E-state index in [1.165, 1.54) is 37.1 Å². The summed E-state index contributed by atoms with van der Waals surface area (Å²) in [7, 11) is -3.75. The van der Waals surface area contributed by atoms with E-state index in [2.05, 4.69) is 27.3 Å². The Morgan fingerprint density at radius 2 is 1.96 bits per heavy atom. The zero-order chi connectivity index (χ0) is 20.1. The normalized spacial score (nSPS) is 16.2. The minimum Gasteiger partial charge on any atom is -0.415 e. The van der Waals surface area contributed by atoms with Crippen molar-refractivity contribution in [2.75, 3.05) is 24.2 Å². The lowest BCUT2D eigenvalue weighted by Crippen LogP contribution is -2.32. The van der Waals surface area contributed by atoms with E-state index in [-0.39, 0.29) is 16.6 Å². The van der Waals surface area contributed by atoms with E-state index in [0.29, 0.717) is 23.3 Å². The quantitative estimate of drug-likeness (QED) is 0.641. The molecule has 11 heteroatoms. The van der Waals surface area contributed by atoms with Crippen molar-refractivity contribution in [2.24, 2.45) is 11.1 Å². The number of primary sulfonamides is 1. The van der Waals surface area contributed by atoms with Crippen molar-refractivity contribution in [3.8, 4) is 0 Å². The van der Waals surface area contributed by atoms with Crippen LogP contribution in [0.15, 0.2) is 38.8 Å². The summed E-state index contributed by atoms with van der Waals surface area (Å²) in [5.74, 6) is 1.15. The van der Waals surface area contributed by atoms with Gasteiger partial charge in [0, 0.05) is 5.69 Å². The van der Waals surface area contributed by atoms with Crippen molar-refractivity contribution in [1.29, 1.82) is 0 Å². The van der Waals surface area contributed by atoms with Crippen LogP contribution in [0.2, 0.25) is 0 Å². The van der Waals surface area contributed by atoms with Crippen LogP contribution in [0.3, 0.4) is 0 Å². The average Bonchev–Trinajstić information content (AvgIpc) is 3.09. The maximum atomic E-state index is 12.0. The van der Waals surface area contributed by atoms with Crippen LogP contribution < -0.4 is 10.5 Å². The zero-order valence-electron chi connectivity index (χ0n) is 15.5. The summed E-state index contributed by atoms with van der Waals surface area (Å²) < 4.78 is 28.1. The molecule has 3 N–H and O–H groups in total. The molecule has 2 heterocycles. The number of sulfonamides is 1. The number of rotatable bonds is 7. The minimum atomic E-state index is -3.75. The van der Waals surface area contributed by atoms with E-state index >= 15 is 0 Å². The van der Waals surface area contributed by atoms with Crippen molar-refractivity contribution in [1.82, 2.24) is 15.1 Å². The van der Waals surface area contributed by atoms with Crippen molar-refractivity contribution in [2.45, 2.75) is 36.4 Å². The van der Waals surface area contributed by atoms with E-state index < -0.39 is 10.0 Å². The summed E-state index contributed by atoms with van der Waals surface area (Å²) in [5, 5.41) is 16.1. The number of amides is 1. The van der Waals surface area contributed by atoms with Crippen LogP contribution in [0.4, 0.5) is 5.69 Å². The summed E-state index contributed by atoms with van der Waals surface area (Å²) in [5.41, 5.74) is 0.476. The molecular formula is C17H23N5O4S2. The molecule has 1 fully saturated rings. The first-order chi connectivity index (χ1) is 13.3. The highest BCUT2D eigenvalue weighted by atomic mass is 32.2. The highest BCUT2D eigenvalue weighted by Crippen LogP contribution is 2.21. The topological polar surface area (TPSA) is 131 Å². The lowest BCUT2D eigenvalue weighted by Gasteiger charge is -2.28. The number of nitrogens with zero attached hydrogens (tertiary/aromatic N) is 3. The molecule has 0 saturated carbocycles. The summed E-state index contributed by atoms with van der Waals surface area (Å²) in [6, 6.07) is 5.63. The van der Waals surface area contributed by atoms with E-state index in [1.807, 2.05) is 0 Å². The molecule has 1 aliphatic rings. The largest absolute Gasteiger partial charge is 0.415 e. The molecule has 3 rings (SSSR count). The van der Waals surface area contributed by atoms with E-state index in [0.717, 1.165) is 30.8 Å². The van der Waals surface area contributed by atoms with Gasteiger partial charge in [0.25, 0.3) is 5.22 Å². The third kappa shape index (κ3) is 6.03. The lowest BCUT2D eigenvalue weighted by atomic mass is 9.99. The van der Waals surface area contributed by atoms with E-state index in [4.69, 9.17) is 9.56 Å². The zero-order valence-corrected chi connectivity index (χ0v) is 17.1. The van der Waals surface area contributed by atoms with Crippen molar-refractivity contribution < 1.29 is 17.6 Å². The fraction of sp³-hybridized carbons (Fsp3) is 0.471. The fourth-order valence-corrected chi connectivity index (χ4v) is 3.92. The molecule has 0 unspecified atom stereocenters. The molecule has 0 spiro atoms. The van der Waals surface area contributed by atoms with E-state index in [1.54, 1.807) is 0 Å². The number of nitrogens with one attached hydrogen (secondary N) is 1. The van der Waals surface area contributed by atoms with Gasteiger partial charge in [0.05, 0.1) is 17.2 Å². The van der Waals surface area contributed by atoms with Crippen molar-refractivity contribution >= 4 is 33.4 Å². The predicted octanol–water partition coefficient (Wildman–Crippen LogP) is 1.68. The Morgan fingerprint density at radius 3 is 2.61 bits per heavy atom. The Morgan fingerprint density at radius 1 is 1.29 bits per heavy atom. The Hall–Kier alpha value is -1.95. The number of aromatic nitrogens is 2. The van der Waals surface area contributed by atoms with Gasteiger partial charge in [-0.3, -0.25) is 9.69 Å². The van der Waals surface area contributed by atoms with Crippen molar-refractivity contribution in [3.05, 3.63) is 30.2 Å². The summed E-state index contributed by atoms with van der Waals surface area (Å²) in [4.78, 5) is 14.3. The fourth-order valence-electron chi connectivity index (χ4n) is 2.82. The molecule has 0 aliphatic carbocycles. The smallest absolute Gasteiger partial charge is 0.277 e. The molecule has 152 valence electrons. The van der Waals surface area contributed by atoms with Gasteiger partial charge >= 0.3 is 0 Å². The average molecular weight is 426 g/mol. The number of piperidine rings is 1. The second kappa shape index (κ2) is 9.03. The number of carbonyl (C=O) groups excluding carboxylic acids is 1. The Balaban J connectivity index is 1.45. The summed E-state index contributed by atoms with van der Waals surface area (Å²) in [6.45, 7) is 4.94. The van der Waals surface area contributed by atoms with Crippen LogP contribution in [0, 0.1) is 5.92 Å². The van der Waals surface area contributed by atoms with Crippen LogP contribution in [-0.2, 0) is 21.4 Å². The first kappa shape index (κ1) is 20.8. The number of carbonyl (C=O) groups is 1. The molecule has 1 aliphatic heterocycles. The molecule has 0 bridgehead atoms. The van der Waals surface area contributed by atoms with Gasteiger partial charge in [-0.15, -0.1) is 10.2 Å². The SMILES string of the molecule is CC1CCN(Cc2nnc(SCC(=O)Nc3ccc(S(N)(=O)=O)cc3)o2)CC1. The first-order valence-electron chi connectivity index (χ1n) is 8.90. The molecular weight excluding hydrogens is 402 g/mol. The number of thioether (sulfide) groups is 1. The van der Waals surface area contributed by atoms with Gasteiger partial charge in [-0.2, -0.15) is 0 Å². The van der Waals surface area contributed by atoms with Gasteiger partial charge in [-0.25, -0.2) is 13.6 Å². The second-order valence-electron chi connectivity index (χ2n) is 6.83. The van der Waals surface area contributed by atoms with Gasteiger partial charge in [-0.1, -0.05) is 18.7 Å². The van der Waals surface area contributed by atoms with Gasteiger partial charge in [-0.05, 0) is 56.1 Å². The molecule has 1 amide bonds. The third-order valence-electron chi connectivity index (χ3n) is 4.48. The maximum absolute atomic E-state index is 12.0. The number of likely N-dealkylation sites (tertiary alicyclic amines) is 1. The number of benzene rings is 1. The monoisotopic (exact) mass is 425 g/mol. The molecule has 0 atom stereocenters. The minimum absolute atomic E-state index is 0.0126. The summed E-state index contributed by atoms with van der Waals surface area (Å²) in [6.07, 6.45) is 2.35. The van der Waals surface area contributed by atoms with Crippen LogP contribution >= 0.6 is 11.8 Å². The van der Waals surface area contributed by atoms with Gasteiger partial charge < -0.3 is 9.73 Å². The molecule has 9 nitrogen and oxygen atoms in total. The van der Waals surface area contributed by atoms with Gasteiger partial charge in [0.2, 0.25) is 21.8 Å². The first-order valence-corrected chi connectivity index (χ1v) is 11.4. The number of anilines is 1. The lowest BCUT2D eigenvalue weighted by molar-refractivity contribution is -0.113. The number of hydrogen-bond acceptors (Lipinski definition) is 8. The molecule has 1 aromatic carbocycles. The molecule has 1 aromatic heterocycles. The predicted molar refractivity (Wildman–Crippen MR) is 105 cm³/mol. The van der Waals surface area contributed by atoms with Crippen molar-refractivity contribution in [3.63, 3.8) is 0 Å². The molecule has 28 heavy (non-hydrogen) atoms. The van der Waals surface area contributed by atoms with Crippen LogP contribution in [0.1, 0.15) is 25.7 Å². The molecule has 0 radical (unpaired) electrons. The number of nitrogens with two attached hydrogens (primary N) is 1. The van der Waals surface area contributed by atoms with Crippen LogP contribution in [0.25, 0.3) is 0 Å². The standard InChI is InChI=1S/C17H23N5O4S2/c1-12-6-8-22(9-7-12)10-16-20-21-17(26-16)27-11-15(23)19-13-2-4-14(5-3-13)28(18,24)25/h2-5,12H,6-11H2,1H3,(H,19,23)(H2,18,24,25). The van der Waals surface area contributed by atoms with E-state index in [9.17, 15) is 13.2 Å². The number of hydrogen-bond donors (Lipinski definition) is 2. The van der Waals surface area contributed by atoms with Gasteiger partial charge in [0.1, 0.15) is 0 Å². The molecule has 2 aromatic rings. The van der Waals surface area contributed by atoms with Crippen LogP contribution in [0.5, 0.6) is 0 Å². The summed E-state index contributed by atoms with van der Waals surface area (Å²) >= 11 is 1.15. The Bertz CT molecular complexity index is 906. The third-order valence-corrected chi connectivity index (χ3v) is 6.22. The van der Waals surface area contributed by atoms with Gasteiger partial charge in [0.15, 0.2) is 0 Å². The molecule has 1 saturated heterocycles. The Labute approximate surface area is 168 Å². The maximum Gasteiger partial charge on any atom is 0.277 e. The Kier molecular flexibility index (Phi) is 6.70. The van der Waals surface area contributed by atoms with Crippen LogP contribution in [-0.4, -0.2) is 48.3 Å². The second-order valence-corrected chi connectivity index (χ2v) is 9.31.